The number of hydrogen-bond donors (Lipinski definition) is 0. The molecule has 2 heteroatoms. The molecule has 0 fully saturated rings. The van der Waals surface area contributed by atoms with Crippen molar-refractivity contribution in [2.24, 2.45) is 0 Å². The van der Waals surface area contributed by atoms with Crippen molar-refractivity contribution in [3.8, 4) is 0 Å². The number of rotatable bonds is 5. The SMILES string of the molecule is C=C(C)C(=O)N(/C=C/c1ccccc1)/C=C/c1ccccc1. The van der Waals surface area contributed by atoms with E-state index in [1.807, 2.05) is 72.8 Å². The third-order valence-electron chi connectivity index (χ3n) is 3.05. The summed E-state index contributed by atoms with van der Waals surface area (Å²) in [5, 5.41) is 0. The number of nitrogens with zero attached hydrogens (tertiary/aromatic N) is 1. The Morgan fingerprint density at radius 1 is 0.864 bits per heavy atom. The molecule has 0 N–H and O–H groups in total. The number of amides is 1. The molecule has 0 heterocycles. The minimum absolute atomic E-state index is 0.126. The van der Waals surface area contributed by atoms with E-state index in [-0.39, 0.29) is 5.91 Å². The summed E-state index contributed by atoms with van der Waals surface area (Å²) < 4.78 is 0. The van der Waals surface area contributed by atoms with Crippen LogP contribution in [0.2, 0.25) is 0 Å². The van der Waals surface area contributed by atoms with Gasteiger partial charge in [-0.3, -0.25) is 9.69 Å². The van der Waals surface area contributed by atoms with Crippen LogP contribution in [0.3, 0.4) is 0 Å². The van der Waals surface area contributed by atoms with Gasteiger partial charge in [-0.25, -0.2) is 0 Å². The fourth-order valence-electron chi connectivity index (χ4n) is 1.87. The lowest BCUT2D eigenvalue weighted by atomic mass is 10.2. The zero-order valence-corrected chi connectivity index (χ0v) is 12.6. The van der Waals surface area contributed by atoms with Crippen LogP contribution < -0.4 is 0 Å². The van der Waals surface area contributed by atoms with Crippen molar-refractivity contribution < 1.29 is 4.79 Å². The minimum atomic E-state index is -0.126. The zero-order chi connectivity index (χ0) is 15.8. The Bertz CT molecular complexity index is 635. The molecule has 0 aromatic heterocycles. The molecule has 0 saturated carbocycles. The first-order valence-corrected chi connectivity index (χ1v) is 7.11. The van der Waals surface area contributed by atoms with E-state index in [1.54, 1.807) is 24.2 Å². The molecular weight excluding hydrogens is 270 g/mol. The Labute approximate surface area is 131 Å². The van der Waals surface area contributed by atoms with E-state index in [1.165, 1.54) is 0 Å². The molecule has 0 unspecified atom stereocenters. The van der Waals surface area contributed by atoms with Crippen LogP contribution in [0.15, 0.2) is 85.2 Å². The van der Waals surface area contributed by atoms with Gasteiger partial charge in [-0.2, -0.15) is 0 Å². The Morgan fingerprint density at radius 3 is 1.64 bits per heavy atom. The molecule has 2 aromatic rings. The zero-order valence-electron chi connectivity index (χ0n) is 12.6. The van der Waals surface area contributed by atoms with E-state index in [2.05, 4.69) is 6.58 Å². The maximum atomic E-state index is 12.2. The standard InChI is InChI=1S/C20H19NO/c1-17(2)20(22)21(15-13-18-9-5-3-6-10-18)16-14-19-11-7-4-8-12-19/h3-16H,1H2,2H3/b15-13+,16-14+. The maximum absolute atomic E-state index is 12.2. The average Bonchev–Trinajstić information content (AvgIpc) is 2.56. The van der Waals surface area contributed by atoms with Crippen LogP contribution in [-0.2, 0) is 4.79 Å². The lowest BCUT2D eigenvalue weighted by molar-refractivity contribution is -0.122. The minimum Gasteiger partial charge on any atom is -0.291 e. The summed E-state index contributed by atoms with van der Waals surface area (Å²) in [7, 11) is 0. The van der Waals surface area contributed by atoms with Crippen molar-refractivity contribution in [3.05, 3.63) is 96.3 Å². The molecule has 1 amide bonds. The number of carbonyl (C=O) groups is 1. The second-order valence-corrected chi connectivity index (χ2v) is 4.95. The quantitative estimate of drug-likeness (QED) is 0.728. The molecule has 22 heavy (non-hydrogen) atoms. The third kappa shape index (κ3) is 4.60. The van der Waals surface area contributed by atoms with Crippen LogP contribution in [0.1, 0.15) is 18.1 Å². The largest absolute Gasteiger partial charge is 0.291 e. The highest BCUT2D eigenvalue weighted by Crippen LogP contribution is 2.09. The van der Waals surface area contributed by atoms with Crippen molar-refractivity contribution in [3.63, 3.8) is 0 Å². The van der Waals surface area contributed by atoms with Crippen LogP contribution in [-0.4, -0.2) is 10.8 Å². The van der Waals surface area contributed by atoms with Crippen molar-refractivity contribution in [1.29, 1.82) is 0 Å². The average molecular weight is 289 g/mol. The van der Waals surface area contributed by atoms with Crippen molar-refractivity contribution in [2.75, 3.05) is 0 Å². The lowest BCUT2D eigenvalue weighted by Gasteiger charge is -2.13. The number of hydrogen-bond acceptors (Lipinski definition) is 1. The van der Waals surface area contributed by atoms with Crippen molar-refractivity contribution >= 4 is 18.1 Å². The topological polar surface area (TPSA) is 20.3 Å². The summed E-state index contributed by atoms with van der Waals surface area (Å²) in [5.74, 6) is -0.126. The lowest BCUT2D eigenvalue weighted by Crippen LogP contribution is -2.20. The molecule has 0 aliphatic rings. The van der Waals surface area contributed by atoms with E-state index >= 15 is 0 Å². The first-order chi connectivity index (χ1) is 10.7. The van der Waals surface area contributed by atoms with Crippen molar-refractivity contribution in [2.45, 2.75) is 6.92 Å². The summed E-state index contributed by atoms with van der Waals surface area (Å²) in [6, 6.07) is 19.7. The number of carbonyl (C=O) groups excluding carboxylic acids is 1. The van der Waals surface area contributed by atoms with E-state index in [0.717, 1.165) is 11.1 Å². The van der Waals surface area contributed by atoms with Crippen LogP contribution in [0.5, 0.6) is 0 Å². The van der Waals surface area contributed by atoms with Crippen LogP contribution >= 0.6 is 0 Å². The van der Waals surface area contributed by atoms with Gasteiger partial charge in [0.05, 0.1) is 0 Å². The molecule has 0 radical (unpaired) electrons. The van der Waals surface area contributed by atoms with Gasteiger partial charge in [0.15, 0.2) is 0 Å². The molecule has 110 valence electrons. The summed E-state index contributed by atoms with van der Waals surface area (Å²) in [5.41, 5.74) is 2.57. The molecule has 0 atom stereocenters. The monoisotopic (exact) mass is 289 g/mol. The predicted octanol–water partition coefficient (Wildman–Crippen LogP) is 4.73. The molecule has 0 bridgehead atoms. The van der Waals surface area contributed by atoms with Gasteiger partial charge >= 0.3 is 0 Å². The molecule has 0 saturated heterocycles. The molecule has 0 aliphatic carbocycles. The summed E-state index contributed by atoms with van der Waals surface area (Å²) >= 11 is 0. The van der Waals surface area contributed by atoms with Gasteiger partial charge in [0.1, 0.15) is 0 Å². The van der Waals surface area contributed by atoms with Gasteiger partial charge in [-0.1, -0.05) is 67.2 Å². The van der Waals surface area contributed by atoms with E-state index in [9.17, 15) is 4.79 Å². The van der Waals surface area contributed by atoms with Gasteiger partial charge in [-0.05, 0) is 30.2 Å². The fraction of sp³-hybridized carbons (Fsp3) is 0.0500. The Balaban J connectivity index is 2.20. The van der Waals surface area contributed by atoms with E-state index in [0.29, 0.717) is 5.57 Å². The second kappa shape index (κ2) is 7.79. The van der Waals surface area contributed by atoms with Crippen LogP contribution in [0.25, 0.3) is 12.2 Å². The maximum Gasteiger partial charge on any atom is 0.256 e. The Hall–Kier alpha value is -2.87. The third-order valence-corrected chi connectivity index (χ3v) is 3.05. The molecule has 2 rings (SSSR count). The van der Waals surface area contributed by atoms with Crippen LogP contribution in [0.4, 0.5) is 0 Å². The highest BCUT2D eigenvalue weighted by atomic mass is 16.2. The predicted molar refractivity (Wildman–Crippen MR) is 92.6 cm³/mol. The number of benzene rings is 2. The summed E-state index contributed by atoms with van der Waals surface area (Å²) in [6.07, 6.45) is 7.31. The fourth-order valence-corrected chi connectivity index (χ4v) is 1.87. The van der Waals surface area contributed by atoms with Crippen LogP contribution in [0, 0.1) is 0 Å². The molecule has 2 aromatic carbocycles. The van der Waals surface area contributed by atoms with Gasteiger partial charge in [0.2, 0.25) is 0 Å². The summed E-state index contributed by atoms with van der Waals surface area (Å²) in [4.78, 5) is 13.8. The van der Waals surface area contributed by atoms with Gasteiger partial charge in [-0.15, -0.1) is 0 Å². The van der Waals surface area contributed by atoms with E-state index < -0.39 is 0 Å². The Morgan fingerprint density at radius 2 is 1.27 bits per heavy atom. The highest BCUT2D eigenvalue weighted by molar-refractivity contribution is 5.94. The summed E-state index contributed by atoms with van der Waals surface area (Å²) in [6.45, 7) is 5.44. The first kappa shape index (κ1) is 15.5. The first-order valence-electron chi connectivity index (χ1n) is 7.11. The second-order valence-electron chi connectivity index (χ2n) is 4.95. The smallest absolute Gasteiger partial charge is 0.256 e. The van der Waals surface area contributed by atoms with Crippen molar-refractivity contribution in [1.82, 2.24) is 4.90 Å². The molecular formula is C20H19NO. The molecule has 2 nitrogen and oxygen atoms in total. The molecule has 0 aliphatic heterocycles. The van der Waals surface area contributed by atoms with Gasteiger partial charge < -0.3 is 0 Å². The Kier molecular flexibility index (Phi) is 5.50. The normalized spacial score (nSPS) is 11.0. The van der Waals surface area contributed by atoms with E-state index in [4.69, 9.17) is 0 Å². The highest BCUT2D eigenvalue weighted by Gasteiger charge is 2.08. The molecule has 0 spiro atoms. The van der Waals surface area contributed by atoms with Gasteiger partial charge in [0, 0.05) is 18.0 Å². The van der Waals surface area contributed by atoms with Gasteiger partial charge in [0.25, 0.3) is 5.91 Å².